The van der Waals surface area contributed by atoms with Crippen LogP contribution in [0.25, 0.3) is 0 Å². The van der Waals surface area contributed by atoms with Crippen LogP contribution in [0, 0.1) is 5.92 Å². The Kier molecular flexibility index (Phi) is 4.37. The monoisotopic (exact) mass is 246 g/mol. The molecular weight excluding hydrogens is 224 g/mol. The average Bonchev–Trinajstić information content (AvgIpc) is 2.82. The Balaban J connectivity index is 2.02. The molecule has 1 aliphatic rings. The van der Waals surface area contributed by atoms with E-state index < -0.39 is 0 Å². The predicted molar refractivity (Wildman–Crippen MR) is 73.1 cm³/mol. The van der Waals surface area contributed by atoms with Crippen LogP contribution in [0.5, 0.6) is 0 Å². The number of benzene rings is 1. The molecule has 0 bridgehead atoms. The summed E-state index contributed by atoms with van der Waals surface area (Å²) < 4.78 is 0. The quantitative estimate of drug-likeness (QED) is 0.880. The molecule has 1 heterocycles. The summed E-state index contributed by atoms with van der Waals surface area (Å²) in [6.45, 7) is 3.45. The van der Waals surface area contributed by atoms with Crippen LogP contribution in [0.15, 0.2) is 30.3 Å². The van der Waals surface area contributed by atoms with Crippen LogP contribution in [0.1, 0.15) is 25.3 Å². The zero-order valence-corrected chi connectivity index (χ0v) is 11.0. The highest BCUT2D eigenvalue weighted by atomic mass is 16.2. The van der Waals surface area contributed by atoms with E-state index in [1.54, 1.807) is 0 Å². The zero-order chi connectivity index (χ0) is 13.0. The van der Waals surface area contributed by atoms with Gasteiger partial charge in [-0.2, -0.15) is 0 Å². The molecule has 2 N–H and O–H groups in total. The summed E-state index contributed by atoms with van der Waals surface area (Å²) in [6.07, 6.45) is 2.99. The topological polar surface area (TPSA) is 46.3 Å². The minimum atomic E-state index is -0.0760. The predicted octanol–water partition coefficient (Wildman–Crippen LogP) is 1.81. The second kappa shape index (κ2) is 6.01. The number of hydrogen-bond donors (Lipinski definition) is 1. The van der Waals surface area contributed by atoms with Crippen LogP contribution in [-0.4, -0.2) is 29.9 Å². The maximum atomic E-state index is 12.4. The summed E-state index contributed by atoms with van der Waals surface area (Å²) >= 11 is 0. The van der Waals surface area contributed by atoms with Crippen molar-refractivity contribution in [2.45, 2.75) is 32.2 Å². The van der Waals surface area contributed by atoms with Crippen molar-refractivity contribution < 1.29 is 4.79 Å². The third-order valence-electron chi connectivity index (χ3n) is 3.79. The highest BCUT2D eigenvalue weighted by Gasteiger charge is 2.29. The maximum absolute atomic E-state index is 12.4. The Hall–Kier alpha value is -1.35. The highest BCUT2D eigenvalue weighted by molar-refractivity contribution is 5.80. The zero-order valence-electron chi connectivity index (χ0n) is 11.0. The van der Waals surface area contributed by atoms with Crippen molar-refractivity contribution in [1.82, 2.24) is 4.90 Å². The molecule has 1 aromatic carbocycles. The lowest BCUT2D eigenvalue weighted by molar-refractivity contribution is -0.135. The molecule has 1 aromatic rings. The number of likely N-dealkylation sites (tertiary alicyclic amines) is 1. The Labute approximate surface area is 109 Å². The molecule has 1 aliphatic heterocycles. The molecule has 2 unspecified atom stereocenters. The van der Waals surface area contributed by atoms with Crippen molar-refractivity contribution in [1.29, 1.82) is 0 Å². The molecule has 0 aromatic heterocycles. The van der Waals surface area contributed by atoms with Crippen molar-refractivity contribution in [3.63, 3.8) is 0 Å². The van der Waals surface area contributed by atoms with Crippen molar-refractivity contribution in [2.24, 2.45) is 11.7 Å². The van der Waals surface area contributed by atoms with Gasteiger partial charge in [-0.05, 0) is 31.7 Å². The van der Waals surface area contributed by atoms with E-state index in [2.05, 4.69) is 19.1 Å². The Morgan fingerprint density at radius 1 is 1.44 bits per heavy atom. The van der Waals surface area contributed by atoms with Gasteiger partial charge in [-0.1, -0.05) is 30.3 Å². The Morgan fingerprint density at radius 2 is 2.17 bits per heavy atom. The molecule has 2 rings (SSSR count). The standard InChI is InChI=1S/C15H22N2O/c1-12-6-5-9-17(12)15(18)14(11-16)10-13-7-3-2-4-8-13/h2-4,7-8,12,14H,5-6,9-11,16H2,1H3. The van der Waals surface area contributed by atoms with Crippen molar-refractivity contribution in [3.05, 3.63) is 35.9 Å². The Morgan fingerprint density at radius 3 is 2.72 bits per heavy atom. The highest BCUT2D eigenvalue weighted by Crippen LogP contribution is 2.20. The maximum Gasteiger partial charge on any atom is 0.227 e. The minimum Gasteiger partial charge on any atom is -0.340 e. The van der Waals surface area contributed by atoms with E-state index in [-0.39, 0.29) is 11.8 Å². The number of hydrogen-bond acceptors (Lipinski definition) is 2. The van der Waals surface area contributed by atoms with Crippen LogP contribution in [0.4, 0.5) is 0 Å². The summed E-state index contributed by atoms with van der Waals surface area (Å²) in [6, 6.07) is 10.5. The Bertz CT molecular complexity index is 391. The first-order chi connectivity index (χ1) is 8.72. The number of carbonyl (C=O) groups is 1. The number of carbonyl (C=O) groups excluding carboxylic acids is 1. The smallest absolute Gasteiger partial charge is 0.227 e. The van der Waals surface area contributed by atoms with Crippen LogP contribution < -0.4 is 5.73 Å². The van der Waals surface area contributed by atoms with Gasteiger partial charge in [0.1, 0.15) is 0 Å². The molecule has 1 amide bonds. The van der Waals surface area contributed by atoms with Crippen LogP contribution in [0.2, 0.25) is 0 Å². The fourth-order valence-corrected chi connectivity index (χ4v) is 2.67. The molecule has 1 fully saturated rings. The summed E-state index contributed by atoms with van der Waals surface area (Å²) in [5.41, 5.74) is 6.98. The van der Waals surface area contributed by atoms with E-state index in [1.807, 2.05) is 23.1 Å². The van der Waals surface area contributed by atoms with Gasteiger partial charge in [0.15, 0.2) is 0 Å². The van der Waals surface area contributed by atoms with Crippen LogP contribution in [0.3, 0.4) is 0 Å². The molecule has 0 aliphatic carbocycles. The van der Waals surface area contributed by atoms with Crippen molar-refractivity contribution in [3.8, 4) is 0 Å². The SMILES string of the molecule is CC1CCCN1C(=O)C(CN)Cc1ccccc1. The first kappa shape index (κ1) is 13.1. The molecular formula is C15H22N2O. The van der Waals surface area contributed by atoms with Gasteiger partial charge in [0.25, 0.3) is 0 Å². The van der Waals surface area contributed by atoms with Gasteiger partial charge < -0.3 is 10.6 Å². The summed E-state index contributed by atoms with van der Waals surface area (Å²) in [4.78, 5) is 14.4. The molecule has 18 heavy (non-hydrogen) atoms. The molecule has 3 nitrogen and oxygen atoms in total. The number of nitrogens with two attached hydrogens (primary N) is 1. The first-order valence-corrected chi connectivity index (χ1v) is 6.77. The van der Waals surface area contributed by atoms with Gasteiger partial charge in [-0.25, -0.2) is 0 Å². The van der Waals surface area contributed by atoms with Gasteiger partial charge in [-0.3, -0.25) is 4.79 Å². The molecule has 0 saturated carbocycles. The van der Waals surface area contributed by atoms with Crippen LogP contribution in [-0.2, 0) is 11.2 Å². The second-order valence-corrected chi connectivity index (χ2v) is 5.15. The summed E-state index contributed by atoms with van der Waals surface area (Å²) in [5, 5.41) is 0. The van der Waals surface area contributed by atoms with E-state index in [1.165, 1.54) is 5.56 Å². The lowest BCUT2D eigenvalue weighted by Gasteiger charge is -2.26. The van der Waals surface area contributed by atoms with Gasteiger partial charge in [-0.15, -0.1) is 0 Å². The lowest BCUT2D eigenvalue weighted by atomic mass is 9.98. The second-order valence-electron chi connectivity index (χ2n) is 5.15. The molecule has 0 spiro atoms. The largest absolute Gasteiger partial charge is 0.340 e. The van der Waals surface area contributed by atoms with E-state index >= 15 is 0 Å². The van der Waals surface area contributed by atoms with Crippen LogP contribution >= 0.6 is 0 Å². The fraction of sp³-hybridized carbons (Fsp3) is 0.533. The van der Waals surface area contributed by atoms with E-state index in [0.717, 1.165) is 25.8 Å². The minimum absolute atomic E-state index is 0.0760. The number of rotatable bonds is 4. The van der Waals surface area contributed by atoms with Gasteiger partial charge >= 0.3 is 0 Å². The number of nitrogens with zero attached hydrogens (tertiary/aromatic N) is 1. The van der Waals surface area contributed by atoms with Crippen molar-refractivity contribution >= 4 is 5.91 Å². The van der Waals surface area contributed by atoms with E-state index in [4.69, 9.17) is 5.73 Å². The van der Waals surface area contributed by atoms with Gasteiger partial charge in [0, 0.05) is 19.1 Å². The summed E-state index contributed by atoms with van der Waals surface area (Å²) in [7, 11) is 0. The average molecular weight is 246 g/mol. The van der Waals surface area contributed by atoms with Gasteiger partial charge in [0.05, 0.1) is 5.92 Å². The van der Waals surface area contributed by atoms with E-state index in [9.17, 15) is 4.79 Å². The lowest BCUT2D eigenvalue weighted by Crippen LogP contribution is -2.41. The normalized spacial score (nSPS) is 21.0. The summed E-state index contributed by atoms with van der Waals surface area (Å²) in [5.74, 6) is 0.152. The molecule has 98 valence electrons. The molecule has 3 heteroatoms. The van der Waals surface area contributed by atoms with Crippen molar-refractivity contribution in [2.75, 3.05) is 13.1 Å². The molecule has 2 atom stereocenters. The molecule has 0 radical (unpaired) electrons. The fourth-order valence-electron chi connectivity index (χ4n) is 2.67. The molecule has 1 saturated heterocycles. The third-order valence-corrected chi connectivity index (χ3v) is 3.79. The van der Waals surface area contributed by atoms with Gasteiger partial charge in [0.2, 0.25) is 5.91 Å². The van der Waals surface area contributed by atoms with E-state index in [0.29, 0.717) is 12.6 Å². The number of amides is 1. The third kappa shape index (κ3) is 2.91. The first-order valence-electron chi connectivity index (χ1n) is 6.77.